The van der Waals surface area contributed by atoms with Gasteiger partial charge in [-0.2, -0.15) is 0 Å². The van der Waals surface area contributed by atoms with Crippen molar-refractivity contribution in [3.63, 3.8) is 0 Å². The van der Waals surface area contributed by atoms with Crippen LogP contribution in [0.3, 0.4) is 0 Å². The molecule has 4 amide bonds. The molecule has 38 heavy (non-hydrogen) atoms. The highest BCUT2D eigenvalue weighted by Gasteiger charge is 2.36. The van der Waals surface area contributed by atoms with E-state index in [0.29, 0.717) is 45.8 Å². The number of nitrogens with one attached hydrogen (secondary N) is 1. The van der Waals surface area contributed by atoms with Crippen molar-refractivity contribution in [1.29, 1.82) is 0 Å². The Morgan fingerprint density at radius 1 is 0.974 bits per heavy atom. The van der Waals surface area contributed by atoms with Crippen LogP contribution in [0.5, 0.6) is 11.5 Å². The minimum Gasteiger partial charge on any atom is -0.490 e. The summed E-state index contributed by atoms with van der Waals surface area (Å²) in [6.45, 7) is 6.17. The molecule has 194 valence electrons. The van der Waals surface area contributed by atoms with Gasteiger partial charge in [-0.15, -0.1) is 6.58 Å². The number of carbonyl (C=O) groups excluding carboxylic acids is 3. The van der Waals surface area contributed by atoms with Crippen molar-refractivity contribution in [1.82, 2.24) is 5.32 Å². The summed E-state index contributed by atoms with van der Waals surface area (Å²) in [5, 5.41) is 3.23. The summed E-state index contributed by atoms with van der Waals surface area (Å²) in [6.07, 6.45) is 3.56. The van der Waals surface area contributed by atoms with Crippen molar-refractivity contribution in [2.24, 2.45) is 0 Å². The molecule has 0 aliphatic carbocycles. The van der Waals surface area contributed by atoms with Crippen molar-refractivity contribution in [2.45, 2.75) is 20.0 Å². The van der Waals surface area contributed by atoms with Crippen LogP contribution in [-0.4, -0.2) is 24.5 Å². The van der Waals surface area contributed by atoms with Gasteiger partial charge in [-0.1, -0.05) is 53.5 Å². The van der Waals surface area contributed by atoms with E-state index in [2.05, 4.69) is 11.9 Å². The number of allylic oxidation sites excluding steroid dienone is 1. The maximum atomic E-state index is 13.2. The predicted molar refractivity (Wildman–Crippen MR) is 148 cm³/mol. The summed E-state index contributed by atoms with van der Waals surface area (Å²) in [4.78, 5) is 39.3. The standard InChI is InChI=1S/C29H24Cl2N2O5/c1-3-8-19-13-18(14-23-27(34)32-29(36)33(28(23)35)22-9-6-5-7-10-22)15-25(37-4-2)26(19)38-17-20-11-12-21(30)16-24(20)31/h3,5-7,9-16H,1,4,8,17H2,2H3,(H,32,34,36)/b23-14+. The van der Waals surface area contributed by atoms with Crippen LogP contribution in [0, 0.1) is 0 Å². The van der Waals surface area contributed by atoms with E-state index < -0.39 is 17.8 Å². The molecular weight excluding hydrogens is 527 g/mol. The number of urea groups is 1. The summed E-state index contributed by atoms with van der Waals surface area (Å²) < 4.78 is 12.0. The number of nitrogens with zero attached hydrogens (tertiary/aromatic N) is 1. The quantitative estimate of drug-likeness (QED) is 0.190. The number of anilines is 1. The predicted octanol–water partition coefficient (Wildman–Crippen LogP) is 6.37. The molecule has 1 N–H and O–H groups in total. The molecule has 1 fully saturated rings. The first-order chi connectivity index (χ1) is 18.3. The van der Waals surface area contributed by atoms with E-state index in [4.69, 9.17) is 32.7 Å². The van der Waals surface area contributed by atoms with Crippen LogP contribution in [0.1, 0.15) is 23.6 Å². The maximum Gasteiger partial charge on any atom is 0.335 e. The first kappa shape index (κ1) is 27.0. The molecule has 0 radical (unpaired) electrons. The summed E-state index contributed by atoms with van der Waals surface area (Å²) in [5.41, 5.74) is 2.14. The Bertz CT molecular complexity index is 1440. The fourth-order valence-corrected chi connectivity index (χ4v) is 4.39. The Kier molecular flexibility index (Phi) is 8.51. The fourth-order valence-electron chi connectivity index (χ4n) is 3.92. The number of hydrogen-bond acceptors (Lipinski definition) is 5. The molecule has 1 saturated heterocycles. The number of carbonyl (C=O) groups is 3. The number of benzene rings is 3. The van der Waals surface area contributed by atoms with Gasteiger partial charge >= 0.3 is 6.03 Å². The molecule has 0 unspecified atom stereocenters. The Balaban J connectivity index is 1.72. The van der Waals surface area contributed by atoms with Crippen molar-refractivity contribution in [2.75, 3.05) is 11.5 Å². The largest absolute Gasteiger partial charge is 0.490 e. The van der Waals surface area contributed by atoms with Gasteiger partial charge in [-0.3, -0.25) is 14.9 Å². The molecule has 1 heterocycles. The first-order valence-electron chi connectivity index (χ1n) is 11.8. The van der Waals surface area contributed by atoms with E-state index in [-0.39, 0.29) is 12.2 Å². The van der Waals surface area contributed by atoms with Crippen LogP contribution < -0.4 is 19.7 Å². The fraction of sp³-hybridized carbons (Fsp3) is 0.138. The number of halogens is 2. The van der Waals surface area contributed by atoms with Crippen LogP contribution in [0.15, 0.2) is 78.9 Å². The zero-order valence-electron chi connectivity index (χ0n) is 20.5. The number of ether oxygens (including phenoxy) is 2. The number of barbiturate groups is 1. The summed E-state index contributed by atoms with van der Waals surface area (Å²) in [6, 6.07) is 16.2. The Hall–Kier alpha value is -4.07. The van der Waals surface area contributed by atoms with E-state index in [1.807, 2.05) is 6.92 Å². The first-order valence-corrected chi connectivity index (χ1v) is 12.5. The van der Waals surface area contributed by atoms with Crippen LogP contribution in [-0.2, 0) is 22.6 Å². The molecule has 0 aromatic heterocycles. The van der Waals surface area contributed by atoms with Gasteiger partial charge in [0.05, 0.1) is 12.3 Å². The van der Waals surface area contributed by atoms with Gasteiger partial charge < -0.3 is 9.47 Å². The SMILES string of the molecule is C=CCc1cc(/C=C2\C(=O)NC(=O)N(c3ccccc3)C2=O)cc(OCC)c1OCc1ccc(Cl)cc1Cl. The highest BCUT2D eigenvalue weighted by molar-refractivity contribution is 6.39. The van der Waals surface area contributed by atoms with Crippen LogP contribution in [0.4, 0.5) is 10.5 Å². The molecule has 9 heteroatoms. The number of imide groups is 2. The normalized spacial score (nSPS) is 14.4. The van der Waals surface area contributed by atoms with Crippen molar-refractivity contribution in [3.8, 4) is 11.5 Å². The van der Waals surface area contributed by atoms with Gasteiger partial charge in [0, 0.05) is 21.2 Å². The Morgan fingerprint density at radius 3 is 2.42 bits per heavy atom. The molecule has 0 bridgehead atoms. The monoisotopic (exact) mass is 550 g/mol. The molecule has 0 saturated carbocycles. The smallest absolute Gasteiger partial charge is 0.335 e. The van der Waals surface area contributed by atoms with Gasteiger partial charge in [-0.05, 0) is 61.4 Å². The summed E-state index contributed by atoms with van der Waals surface area (Å²) in [5.74, 6) is -0.608. The molecule has 0 atom stereocenters. The molecule has 7 nitrogen and oxygen atoms in total. The van der Waals surface area contributed by atoms with Crippen LogP contribution >= 0.6 is 23.2 Å². The lowest BCUT2D eigenvalue weighted by atomic mass is 10.0. The Morgan fingerprint density at radius 2 is 1.74 bits per heavy atom. The number of hydrogen-bond donors (Lipinski definition) is 1. The molecule has 1 aliphatic heterocycles. The third-order valence-corrected chi connectivity index (χ3v) is 6.22. The second-order valence-electron chi connectivity index (χ2n) is 8.25. The van der Waals surface area contributed by atoms with Crippen molar-refractivity contribution in [3.05, 3.63) is 106 Å². The molecule has 3 aromatic rings. The molecule has 1 aliphatic rings. The third kappa shape index (κ3) is 5.90. The molecule has 0 spiro atoms. The summed E-state index contributed by atoms with van der Waals surface area (Å²) in [7, 11) is 0. The van der Waals surface area contributed by atoms with E-state index in [1.54, 1.807) is 66.7 Å². The highest BCUT2D eigenvalue weighted by atomic mass is 35.5. The van der Waals surface area contributed by atoms with E-state index in [0.717, 1.165) is 16.0 Å². The van der Waals surface area contributed by atoms with Gasteiger partial charge in [-0.25, -0.2) is 9.69 Å². The van der Waals surface area contributed by atoms with Crippen molar-refractivity contribution >= 4 is 52.8 Å². The molecule has 4 rings (SSSR count). The molecule has 3 aromatic carbocycles. The lowest BCUT2D eigenvalue weighted by Gasteiger charge is -2.26. The average molecular weight is 551 g/mol. The second-order valence-corrected chi connectivity index (χ2v) is 9.09. The zero-order valence-corrected chi connectivity index (χ0v) is 22.0. The third-order valence-electron chi connectivity index (χ3n) is 5.63. The Labute approximate surface area is 230 Å². The minimum atomic E-state index is -0.810. The molecular formula is C29H24Cl2N2O5. The minimum absolute atomic E-state index is 0.162. The van der Waals surface area contributed by atoms with Crippen molar-refractivity contribution < 1.29 is 23.9 Å². The zero-order chi connectivity index (χ0) is 27.2. The number of para-hydroxylation sites is 1. The van der Waals surface area contributed by atoms with Gasteiger partial charge in [0.15, 0.2) is 11.5 Å². The highest BCUT2D eigenvalue weighted by Crippen LogP contribution is 2.36. The number of rotatable bonds is 9. The lowest BCUT2D eigenvalue weighted by Crippen LogP contribution is -2.54. The van der Waals surface area contributed by atoms with E-state index >= 15 is 0 Å². The maximum absolute atomic E-state index is 13.2. The lowest BCUT2D eigenvalue weighted by molar-refractivity contribution is -0.122. The van der Waals surface area contributed by atoms with Gasteiger partial charge in [0.2, 0.25) is 0 Å². The van der Waals surface area contributed by atoms with E-state index in [9.17, 15) is 14.4 Å². The topological polar surface area (TPSA) is 84.9 Å². The summed E-state index contributed by atoms with van der Waals surface area (Å²) >= 11 is 12.3. The second kappa shape index (κ2) is 12.0. The van der Waals surface area contributed by atoms with Crippen LogP contribution in [0.25, 0.3) is 6.08 Å². The average Bonchev–Trinajstić information content (AvgIpc) is 2.88. The van der Waals surface area contributed by atoms with Crippen LogP contribution in [0.2, 0.25) is 10.0 Å². The van der Waals surface area contributed by atoms with Gasteiger partial charge in [0.1, 0.15) is 12.2 Å². The number of amides is 4. The van der Waals surface area contributed by atoms with E-state index in [1.165, 1.54) is 6.08 Å². The van der Waals surface area contributed by atoms with Gasteiger partial charge in [0.25, 0.3) is 11.8 Å².